The second-order valence-electron chi connectivity index (χ2n) is 5.39. The van der Waals surface area contributed by atoms with Crippen LogP contribution in [0.3, 0.4) is 0 Å². The van der Waals surface area contributed by atoms with Gasteiger partial charge >= 0.3 is 0 Å². The Bertz CT molecular complexity index is 454. The fraction of sp³-hybridized carbons (Fsp3) is 0.562. The van der Waals surface area contributed by atoms with Crippen LogP contribution in [0.1, 0.15) is 31.7 Å². The van der Waals surface area contributed by atoms with Gasteiger partial charge in [-0.2, -0.15) is 0 Å². The molecule has 1 aromatic rings. The molecule has 0 aromatic heterocycles. The molecule has 1 aliphatic heterocycles. The summed E-state index contributed by atoms with van der Waals surface area (Å²) in [5, 5.41) is 0. The van der Waals surface area contributed by atoms with Gasteiger partial charge in [-0.05, 0) is 50.7 Å². The molecule has 1 saturated heterocycles. The van der Waals surface area contributed by atoms with Gasteiger partial charge < -0.3 is 9.64 Å². The van der Waals surface area contributed by atoms with Crippen LogP contribution < -0.4 is 4.74 Å². The van der Waals surface area contributed by atoms with Crippen LogP contribution in [0.15, 0.2) is 24.3 Å². The maximum absolute atomic E-state index is 12.5. The van der Waals surface area contributed by atoms with E-state index in [1.54, 1.807) is 7.11 Å². The van der Waals surface area contributed by atoms with E-state index in [4.69, 9.17) is 4.74 Å². The molecule has 0 atom stereocenters. The van der Waals surface area contributed by atoms with Gasteiger partial charge in [0.2, 0.25) is 0 Å². The number of methoxy groups -OCH3 is 1. The van der Waals surface area contributed by atoms with Crippen molar-refractivity contribution in [1.82, 2.24) is 4.90 Å². The maximum Gasteiger partial charge on any atom is 0.143 e. The van der Waals surface area contributed by atoms with Gasteiger partial charge in [-0.3, -0.25) is 4.79 Å². The average Bonchev–Trinajstić information content (AvgIpc) is 2.47. The first-order chi connectivity index (χ1) is 9.12. The molecule has 0 bridgehead atoms. The van der Waals surface area contributed by atoms with Crippen LogP contribution in [-0.2, 0) is 10.2 Å². The molecule has 20 heavy (non-hydrogen) atoms. The van der Waals surface area contributed by atoms with Crippen LogP contribution in [0, 0.1) is 0 Å². The van der Waals surface area contributed by atoms with Crippen molar-refractivity contribution in [3.8, 4) is 5.75 Å². The fourth-order valence-corrected chi connectivity index (χ4v) is 2.99. The molecule has 0 aliphatic carbocycles. The first kappa shape index (κ1) is 17.0. The molecular weight excluding hydrogens is 274 g/mol. The highest BCUT2D eigenvalue weighted by molar-refractivity contribution is 5.90. The lowest BCUT2D eigenvalue weighted by molar-refractivity contribution is -0.126. The number of piperidine rings is 1. The van der Waals surface area contributed by atoms with Crippen molar-refractivity contribution in [3.63, 3.8) is 0 Å². The third kappa shape index (κ3) is 3.15. The summed E-state index contributed by atoms with van der Waals surface area (Å²) in [6.07, 6.45) is 2.41. The fourth-order valence-electron chi connectivity index (χ4n) is 2.99. The number of likely N-dealkylation sites (tertiary alicyclic amines) is 1. The van der Waals surface area contributed by atoms with E-state index in [0.717, 1.165) is 37.2 Å². The molecule has 2 rings (SSSR count). The number of ether oxygens (including phenoxy) is 1. The highest BCUT2D eigenvalue weighted by Crippen LogP contribution is 2.38. The Balaban J connectivity index is 0.00000200. The number of rotatable bonds is 4. The number of Topliss-reactive ketones (excluding diaryl/α,β-unsaturated/α-hetero) is 1. The Morgan fingerprint density at radius 1 is 1.35 bits per heavy atom. The molecule has 0 radical (unpaired) electrons. The summed E-state index contributed by atoms with van der Waals surface area (Å²) in [4.78, 5) is 14.8. The van der Waals surface area contributed by atoms with Gasteiger partial charge in [0.15, 0.2) is 0 Å². The zero-order chi connectivity index (χ0) is 13.9. The number of halogens is 1. The first-order valence-corrected chi connectivity index (χ1v) is 6.99. The lowest BCUT2D eigenvalue weighted by atomic mass is 9.69. The maximum atomic E-state index is 12.5. The van der Waals surface area contributed by atoms with E-state index in [1.807, 2.05) is 25.1 Å². The number of ketones is 1. The van der Waals surface area contributed by atoms with Gasteiger partial charge in [-0.1, -0.05) is 19.1 Å². The highest BCUT2D eigenvalue weighted by atomic mass is 35.5. The van der Waals surface area contributed by atoms with Crippen molar-refractivity contribution in [2.24, 2.45) is 0 Å². The molecule has 3 nitrogen and oxygen atoms in total. The summed E-state index contributed by atoms with van der Waals surface area (Å²) in [6.45, 7) is 3.91. The van der Waals surface area contributed by atoms with Crippen LogP contribution >= 0.6 is 12.4 Å². The number of nitrogens with zero attached hydrogens (tertiary/aromatic N) is 1. The third-order valence-electron chi connectivity index (χ3n) is 4.32. The lowest BCUT2D eigenvalue weighted by Crippen LogP contribution is -2.46. The van der Waals surface area contributed by atoms with Gasteiger partial charge in [-0.25, -0.2) is 0 Å². The summed E-state index contributed by atoms with van der Waals surface area (Å²) in [5.74, 6) is 1.19. The van der Waals surface area contributed by atoms with Crippen molar-refractivity contribution >= 4 is 18.2 Å². The molecule has 4 heteroatoms. The zero-order valence-electron chi connectivity index (χ0n) is 12.5. The monoisotopic (exact) mass is 297 g/mol. The van der Waals surface area contributed by atoms with Crippen molar-refractivity contribution < 1.29 is 9.53 Å². The summed E-state index contributed by atoms with van der Waals surface area (Å²) in [6, 6.07) is 8.01. The normalized spacial score (nSPS) is 18.1. The average molecular weight is 298 g/mol. The summed E-state index contributed by atoms with van der Waals surface area (Å²) in [7, 11) is 3.79. The van der Waals surface area contributed by atoms with E-state index < -0.39 is 0 Å². The molecular formula is C16H24ClNO2. The first-order valence-electron chi connectivity index (χ1n) is 6.99. The summed E-state index contributed by atoms with van der Waals surface area (Å²) in [5.41, 5.74) is 0.808. The van der Waals surface area contributed by atoms with Gasteiger partial charge in [-0.15, -0.1) is 12.4 Å². The SMILES string of the molecule is CCC(=O)C1(c2cccc(OC)c2)CCN(C)CC1.Cl. The quantitative estimate of drug-likeness (QED) is 0.855. The van der Waals surface area contributed by atoms with E-state index in [1.165, 1.54) is 0 Å². The van der Waals surface area contributed by atoms with Crippen LogP contribution in [-0.4, -0.2) is 37.9 Å². The minimum atomic E-state index is -0.310. The Labute approximate surface area is 127 Å². The molecule has 0 saturated carbocycles. The standard InChI is InChI=1S/C16H23NO2.ClH/c1-4-15(18)16(8-10-17(2)11-9-16)13-6-5-7-14(12-13)19-3;/h5-7,12H,4,8-11H2,1-3H3;1H. The van der Waals surface area contributed by atoms with E-state index in [-0.39, 0.29) is 17.8 Å². The highest BCUT2D eigenvalue weighted by Gasteiger charge is 2.41. The zero-order valence-corrected chi connectivity index (χ0v) is 13.3. The van der Waals surface area contributed by atoms with Crippen molar-refractivity contribution in [3.05, 3.63) is 29.8 Å². The minimum Gasteiger partial charge on any atom is -0.497 e. The second-order valence-corrected chi connectivity index (χ2v) is 5.39. The number of carbonyl (C=O) groups excluding carboxylic acids is 1. The van der Waals surface area contributed by atoms with Crippen LogP contribution in [0.25, 0.3) is 0 Å². The van der Waals surface area contributed by atoms with E-state index in [9.17, 15) is 4.79 Å². The Morgan fingerprint density at radius 3 is 2.55 bits per heavy atom. The molecule has 0 unspecified atom stereocenters. The number of benzene rings is 1. The van der Waals surface area contributed by atoms with Crippen LogP contribution in [0.2, 0.25) is 0 Å². The van der Waals surface area contributed by atoms with Gasteiger partial charge in [0.25, 0.3) is 0 Å². The Morgan fingerprint density at radius 2 is 2.00 bits per heavy atom. The van der Waals surface area contributed by atoms with Gasteiger partial charge in [0.05, 0.1) is 12.5 Å². The molecule has 1 aliphatic rings. The predicted molar refractivity (Wildman–Crippen MR) is 83.9 cm³/mol. The van der Waals surface area contributed by atoms with Crippen molar-refractivity contribution in [1.29, 1.82) is 0 Å². The number of hydrogen-bond acceptors (Lipinski definition) is 3. The molecule has 112 valence electrons. The molecule has 0 amide bonds. The molecule has 1 heterocycles. The van der Waals surface area contributed by atoms with Crippen LogP contribution in [0.4, 0.5) is 0 Å². The number of hydrogen-bond donors (Lipinski definition) is 0. The topological polar surface area (TPSA) is 29.5 Å². The van der Waals surface area contributed by atoms with Crippen molar-refractivity contribution in [2.45, 2.75) is 31.6 Å². The second kappa shape index (κ2) is 7.09. The van der Waals surface area contributed by atoms with Gasteiger partial charge in [0, 0.05) is 6.42 Å². The minimum absolute atomic E-state index is 0. The smallest absolute Gasteiger partial charge is 0.143 e. The largest absolute Gasteiger partial charge is 0.497 e. The third-order valence-corrected chi connectivity index (χ3v) is 4.32. The summed E-state index contributed by atoms with van der Waals surface area (Å²) < 4.78 is 5.30. The molecule has 0 spiro atoms. The van der Waals surface area contributed by atoms with Crippen molar-refractivity contribution in [2.75, 3.05) is 27.2 Å². The van der Waals surface area contributed by atoms with E-state index in [2.05, 4.69) is 18.0 Å². The number of carbonyl (C=O) groups is 1. The Kier molecular flexibility index (Phi) is 6.03. The lowest BCUT2D eigenvalue weighted by Gasteiger charge is -2.40. The molecule has 0 N–H and O–H groups in total. The molecule has 1 aromatic carbocycles. The Hall–Kier alpha value is -1.06. The predicted octanol–water partition coefficient (Wildman–Crippen LogP) is 3.06. The van der Waals surface area contributed by atoms with E-state index >= 15 is 0 Å². The van der Waals surface area contributed by atoms with Crippen LogP contribution in [0.5, 0.6) is 5.75 Å². The summed E-state index contributed by atoms with van der Waals surface area (Å²) >= 11 is 0. The van der Waals surface area contributed by atoms with E-state index in [0.29, 0.717) is 12.2 Å². The van der Waals surface area contributed by atoms with Gasteiger partial charge in [0.1, 0.15) is 11.5 Å². The molecule has 1 fully saturated rings.